The molecule has 0 aromatic heterocycles. The third kappa shape index (κ3) is 2.71. The average molecular weight is 258 g/mol. The van der Waals surface area contributed by atoms with Crippen LogP contribution < -0.4 is 4.74 Å². The van der Waals surface area contributed by atoms with Crippen molar-refractivity contribution in [3.05, 3.63) is 59.7 Å². The molecule has 0 saturated heterocycles. The Labute approximate surface area is 108 Å². The third-order valence-corrected chi connectivity index (χ3v) is 2.44. The summed E-state index contributed by atoms with van der Waals surface area (Å²) in [5, 5.41) is 18.2. The van der Waals surface area contributed by atoms with E-state index in [4.69, 9.17) is 14.9 Å². The molecule has 2 N–H and O–H groups in total. The second-order valence-electron chi connectivity index (χ2n) is 3.71. The maximum absolute atomic E-state index is 11.1. The molecule has 0 saturated carbocycles. The van der Waals surface area contributed by atoms with Crippen LogP contribution in [0.25, 0.3) is 0 Å². The number of hydrogen-bond acceptors (Lipinski definition) is 3. The minimum absolute atomic E-state index is 0.172. The van der Waals surface area contributed by atoms with Gasteiger partial charge in [0.1, 0.15) is 16.9 Å². The summed E-state index contributed by atoms with van der Waals surface area (Å²) in [6.45, 7) is 0. The Kier molecular flexibility index (Phi) is 3.47. The second-order valence-corrected chi connectivity index (χ2v) is 3.71. The lowest BCUT2D eigenvalue weighted by molar-refractivity contribution is 0.0692. The molecule has 5 heteroatoms. The van der Waals surface area contributed by atoms with E-state index in [-0.39, 0.29) is 16.9 Å². The fourth-order valence-electron chi connectivity index (χ4n) is 1.59. The molecule has 0 bridgehead atoms. The van der Waals surface area contributed by atoms with Gasteiger partial charge in [-0.05, 0) is 24.3 Å². The first-order valence-corrected chi connectivity index (χ1v) is 5.42. The molecule has 5 nitrogen and oxygen atoms in total. The number of aromatic carboxylic acids is 2. The van der Waals surface area contributed by atoms with E-state index in [0.29, 0.717) is 5.75 Å². The molecule has 0 fully saturated rings. The van der Waals surface area contributed by atoms with E-state index in [1.54, 1.807) is 30.3 Å². The topological polar surface area (TPSA) is 83.8 Å². The van der Waals surface area contributed by atoms with Crippen molar-refractivity contribution in [3.8, 4) is 11.5 Å². The Balaban J connectivity index is 2.52. The number of carboxylic acid groups (broad SMARTS) is 2. The SMILES string of the molecule is O=C(O)c1cccc(C(=O)O)c1Oc1ccccc1. The van der Waals surface area contributed by atoms with Crippen molar-refractivity contribution in [2.45, 2.75) is 0 Å². The Morgan fingerprint density at radius 3 is 1.79 bits per heavy atom. The van der Waals surface area contributed by atoms with E-state index in [0.717, 1.165) is 0 Å². The number of hydrogen-bond donors (Lipinski definition) is 2. The van der Waals surface area contributed by atoms with Crippen LogP contribution in [0.4, 0.5) is 0 Å². The lowest BCUT2D eigenvalue weighted by Crippen LogP contribution is -2.06. The molecule has 0 aliphatic heterocycles. The molecule has 19 heavy (non-hydrogen) atoms. The molecule has 0 aliphatic carbocycles. The molecule has 96 valence electrons. The van der Waals surface area contributed by atoms with Crippen molar-refractivity contribution in [2.24, 2.45) is 0 Å². The highest BCUT2D eigenvalue weighted by Gasteiger charge is 2.20. The van der Waals surface area contributed by atoms with Crippen LogP contribution >= 0.6 is 0 Å². The zero-order valence-electron chi connectivity index (χ0n) is 9.74. The van der Waals surface area contributed by atoms with Gasteiger partial charge in [-0.2, -0.15) is 0 Å². The second kappa shape index (κ2) is 5.22. The number of carbonyl (C=O) groups is 2. The van der Waals surface area contributed by atoms with Crippen LogP contribution in [0.1, 0.15) is 20.7 Å². The minimum Gasteiger partial charge on any atom is -0.478 e. The number of carboxylic acids is 2. The van der Waals surface area contributed by atoms with Gasteiger partial charge >= 0.3 is 11.9 Å². The molecular formula is C14H10O5. The van der Waals surface area contributed by atoms with Crippen molar-refractivity contribution in [1.82, 2.24) is 0 Å². The highest BCUT2D eigenvalue weighted by molar-refractivity contribution is 5.98. The minimum atomic E-state index is -1.24. The van der Waals surface area contributed by atoms with Crippen molar-refractivity contribution in [3.63, 3.8) is 0 Å². The standard InChI is InChI=1S/C14H10O5/c15-13(16)10-7-4-8-11(14(17)18)12(10)19-9-5-2-1-3-6-9/h1-8H,(H,15,16)(H,17,18). The van der Waals surface area contributed by atoms with E-state index < -0.39 is 11.9 Å². The summed E-state index contributed by atoms with van der Waals surface area (Å²) in [7, 11) is 0. The summed E-state index contributed by atoms with van der Waals surface area (Å²) in [5.41, 5.74) is -0.382. The number of rotatable bonds is 4. The molecule has 0 heterocycles. The van der Waals surface area contributed by atoms with Gasteiger partial charge in [-0.1, -0.05) is 24.3 Å². The van der Waals surface area contributed by atoms with Gasteiger partial charge in [0.2, 0.25) is 0 Å². The smallest absolute Gasteiger partial charge is 0.339 e. The highest BCUT2D eigenvalue weighted by atomic mass is 16.5. The lowest BCUT2D eigenvalue weighted by Gasteiger charge is -2.11. The van der Waals surface area contributed by atoms with E-state index in [9.17, 15) is 9.59 Å². The molecule has 0 unspecified atom stereocenters. The maximum atomic E-state index is 11.1. The summed E-state index contributed by atoms with van der Waals surface area (Å²) < 4.78 is 5.40. The van der Waals surface area contributed by atoms with Crippen LogP contribution in [0.3, 0.4) is 0 Å². The first-order chi connectivity index (χ1) is 9.09. The summed E-state index contributed by atoms with van der Waals surface area (Å²) >= 11 is 0. The molecule has 0 spiro atoms. The zero-order valence-corrected chi connectivity index (χ0v) is 9.74. The maximum Gasteiger partial charge on any atom is 0.339 e. The fraction of sp³-hybridized carbons (Fsp3) is 0. The quantitative estimate of drug-likeness (QED) is 0.880. The van der Waals surface area contributed by atoms with Gasteiger partial charge in [0, 0.05) is 0 Å². The number of ether oxygens (including phenoxy) is 1. The summed E-state index contributed by atoms with van der Waals surface area (Å²) in [6, 6.07) is 12.4. The molecule has 0 radical (unpaired) electrons. The van der Waals surface area contributed by atoms with Crippen LogP contribution in [0.2, 0.25) is 0 Å². The third-order valence-electron chi connectivity index (χ3n) is 2.44. The van der Waals surface area contributed by atoms with Gasteiger partial charge in [-0.3, -0.25) is 0 Å². The predicted molar refractivity (Wildman–Crippen MR) is 66.9 cm³/mol. The van der Waals surface area contributed by atoms with Crippen LogP contribution in [-0.2, 0) is 0 Å². The largest absolute Gasteiger partial charge is 0.478 e. The van der Waals surface area contributed by atoms with Gasteiger partial charge in [0.25, 0.3) is 0 Å². The first-order valence-electron chi connectivity index (χ1n) is 5.42. The Morgan fingerprint density at radius 2 is 1.32 bits per heavy atom. The Bertz CT molecular complexity index is 587. The molecule has 0 amide bonds. The normalized spacial score (nSPS) is 9.89. The van der Waals surface area contributed by atoms with Crippen molar-refractivity contribution in [2.75, 3.05) is 0 Å². The van der Waals surface area contributed by atoms with Gasteiger partial charge in [-0.25, -0.2) is 9.59 Å². The van der Waals surface area contributed by atoms with E-state index in [1.165, 1.54) is 18.2 Å². The highest BCUT2D eigenvalue weighted by Crippen LogP contribution is 2.29. The fourth-order valence-corrected chi connectivity index (χ4v) is 1.59. The number of para-hydroxylation sites is 2. The molecule has 2 aromatic rings. The van der Waals surface area contributed by atoms with Crippen molar-refractivity contribution in [1.29, 1.82) is 0 Å². The van der Waals surface area contributed by atoms with Crippen molar-refractivity contribution >= 4 is 11.9 Å². The summed E-state index contributed by atoms with van der Waals surface area (Å²) in [5.74, 6) is -2.28. The van der Waals surface area contributed by atoms with Crippen LogP contribution in [-0.4, -0.2) is 22.2 Å². The van der Waals surface area contributed by atoms with Crippen molar-refractivity contribution < 1.29 is 24.5 Å². The molecule has 0 atom stereocenters. The summed E-state index contributed by atoms with van der Waals surface area (Å²) in [4.78, 5) is 22.2. The van der Waals surface area contributed by atoms with Gasteiger partial charge in [0.05, 0.1) is 0 Å². The molecular weight excluding hydrogens is 248 g/mol. The first kappa shape index (κ1) is 12.6. The summed E-state index contributed by atoms with van der Waals surface area (Å²) in [6.07, 6.45) is 0. The molecule has 2 aromatic carbocycles. The number of benzene rings is 2. The monoisotopic (exact) mass is 258 g/mol. The van der Waals surface area contributed by atoms with Crippen LogP contribution in [0.15, 0.2) is 48.5 Å². The predicted octanol–water partition coefficient (Wildman–Crippen LogP) is 2.88. The van der Waals surface area contributed by atoms with Gasteiger partial charge in [-0.15, -0.1) is 0 Å². The van der Waals surface area contributed by atoms with Crippen LogP contribution in [0, 0.1) is 0 Å². The zero-order chi connectivity index (χ0) is 13.8. The van der Waals surface area contributed by atoms with Gasteiger partial charge < -0.3 is 14.9 Å². The van der Waals surface area contributed by atoms with E-state index in [1.807, 2.05) is 0 Å². The Hall–Kier alpha value is -2.82. The average Bonchev–Trinajstić information content (AvgIpc) is 2.39. The van der Waals surface area contributed by atoms with Crippen LogP contribution in [0.5, 0.6) is 11.5 Å². The molecule has 0 aliphatic rings. The molecule has 2 rings (SSSR count). The Morgan fingerprint density at radius 1 is 0.789 bits per heavy atom. The van der Waals surface area contributed by atoms with Gasteiger partial charge in [0.15, 0.2) is 5.75 Å². The van der Waals surface area contributed by atoms with E-state index in [2.05, 4.69) is 0 Å². The van der Waals surface area contributed by atoms with E-state index >= 15 is 0 Å². The lowest BCUT2D eigenvalue weighted by atomic mass is 10.1.